The Bertz CT molecular complexity index is 591. The van der Waals surface area contributed by atoms with E-state index in [-0.39, 0.29) is 6.61 Å². The molecule has 0 fully saturated rings. The van der Waals surface area contributed by atoms with Gasteiger partial charge in [-0.15, -0.1) is 0 Å². The lowest BCUT2D eigenvalue weighted by Crippen LogP contribution is -2.11. The number of hydrogen-bond donors (Lipinski definition) is 1. The fourth-order valence-corrected chi connectivity index (χ4v) is 2.26. The first-order chi connectivity index (χ1) is 9.47. The number of aryl methyl sites for hydroxylation is 3. The summed E-state index contributed by atoms with van der Waals surface area (Å²) in [5, 5.41) is 11.0. The molecule has 2 rings (SSSR count). The molecule has 1 unspecified atom stereocenters. The molecule has 0 heterocycles. The van der Waals surface area contributed by atoms with E-state index in [0.717, 1.165) is 11.1 Å². The number of rotatable bonds is 4. The Balaban J connectivity index is 2.06. The van der Waals surface area contributed by atoms with Crippen LogP contribution in [0.15, 0.2) is 36.4 Å². The van der Waals surface area contributed by atoms with Crippen LogP contribution in [0.5, 0.6) is 5.75 Å². The monoisotopic (exact) mass is 290 g/mol. The van der Waals surface area contributed by atoms with Crippen molar-refractivity contribution in [2.45, 2.75) is 26.9 Å². The van der Waals surface area contributed by atoms with E-state index < -0.39 is 6.10 Å². The van der Waals surface area contributed by atoms with E-state index in [0.29, 0.717) is 10.8 Å². The van der Waals surface area contributed by atoms with Gasteiger partial charge in [-0.2, -0.15) is 0 Å². The Hall–Kier alpha value is -1.51. The topological polar surface area (TPSA) is 29.5 Å². The van der Waals surface area contributed by atoms with Crippen LogP contribution < -0.4 is 4.74 Å². The summed E-state index contributed by atoms with van der Waals surface area (Å²) in [6, 6.07) is 11.2. The zero-order valence-electron chi connectivity index (χ0n) is 12.0. The van der Waals surface area contributed by atoms with Gasteiger partial charge in [-0.25, -0.2) is 0 Å². The van der Waals surface area contributed by atoms with Crippen molar-refractivity contribution >= 4 is 11.6 Å². The first kappa shape index (κ1) is 14.9. The van der Waals surface area contributed by atoms with E-state index >= 15 is 0 Å². The molecule has 1 N–H and O–H groups in total. The highest BCUT2D eigenvalue weighted by Crippen LogP contribution is 2.23. The van der Waals surface area contributed by atoms with E-state index in [2.05, 4.69) is 13.0 Å². The smallest absolute Gasteiger partial charge is 0.119 e. The molecule has 0 spiro atoms. The minimum Gasteiger partial charge on any atom is -0.491 e. The second-order valence-electron chi connectivity index (χ2n) is 5.07. The molecule has 0 saturated carbocycles. The fraction of sp³-hybridized carbons (Fsp3) is 0.294. The van der Waals surface area contributed by atoms with Crippen molar-refractivity contribution in [3.8, 4) is 5.75 Å². The molecule has 0 aliphatic carbocycles. The summed E-state index contributed by atoms with van der Waals surface area (Å²) in [6.45, 7) is 6.35. The third-order valence-electron chi connectivity index (χ3n) is 3.46. The predicted molar refractivity (Wildman–Crippen MR) is 82.6 cm³/mol. The second-order valence-corrected chi connectivity index (χ2v) is 5.51. The van der Waals surface area contributed by atoms with Crippen molar-refractivity contribution in [2.75, 3.05) is 6.61 Å². The Labute approximate surface area is 125 Å². The lowest BCUT2D eigenvalue weighted by molar-refractivity contribution is 0.107. The first-order valence-corrected chi connectivity index (χ1v) is 6.99. The van der Waals surface area contributed by atoms with Crippen LogP contribution in [0.1, 0.15) is 28.4 Å². The lowest BCUT2D eigenvalue weighted by atomic mass is 9.97. The van der Waals surface area contributed by atoms with Crippen LogP contribution in [-0.2, 0) is 0 Å². The summed E-state index contributed by atoms with van der Waals surface area (Å²) in [5.74, 6) is 0.704. The highest BCUT2D eigenvalue weighted by molar-refractivity contribution is 6.30. The van der Waals surface area contributed by atoms with Crippen molar-refractivity contribution in [1.82, 2.24) is 0 Å². The molecule has 2 aromatic rings. The van der Waals surface area contributed by atoms with E-state index in [1.807, 2.05) is 19.9 Å². The van der Waals surface area contributed by atoms with Gasteiger partial charge in [0.2, 0.25) is 0 Å². The first-order valence-electron chi connectivity index (χ1n) is 6.61. The average molecular weight is 291 g/mol. The van der Waals surface area contributed by atoms with Crippen LogP contribution in [-0.4, -0.2) is 11.7 Å². The zero-order chi connectivity index (χ0) is 14.7. The minimum absolute atomic E-state index is 0.227. The normalized spacial score (nSPS) is 12.2. The molecule has 20 heavy (non-hydrogen) atoms. The summed E-state index contributed by atoms with van der Waals surface area (Å²) in [4.78, 5) is 0. The number of ether oxygens (including phenoxy) is 1. The third kappa shape index (κ3) is 3.53. The molecule has 0 aliphatic heterocycles. The van der Waals surface area contributed by atoms with E-state index in [9.17, 15) is 5.11 Å². The molecule has 0 saturated heterocycles. The Morgan fingerprint density at radius 1 is 1.00 bits per heavy atom. The minimum atomic E-state index is -0.634. The predicted octanol–water partition coefficient (Wildman–Crippen LogP) is 4.38. The molecule has 0 amide bonds. The van der Waals surface area contributed by atoms with Gasteiger partial charge in [0.25, 0.3) is 0 Å². The average Bonchev–Trinajstić information content (AvgIpc) is 2.42. The van der Waals surface area contributed by atoms with Gasteiger partial charge in [0.05, 0.1) is 0 Å². The number of aliphatic hydroxyl groups is 1. The van der Waals surface area contributed by atoms with Gasteiger partial charge in [-0.1, -0.05) is 23.7 Å². The summed E-state index contributed by atoms with van der Waals surface area (Å²) < 4.78 is 5.59. The molecule has 0 bridgehead atoms. The quantitative estimate of drug-likeness (QED) is 0.905. The van der Waals surface area contributed by atoms with Gasteiger partial charge in [0.1, 0.15) is 18.5 Å². The van der Waals surface area contributed by atoms with Crippen LogP contribution in [0.25, 0.3) is 0 Å². The van der Waals surface area contributed by atoms with Crippen molar-refractivity contribution in [2.24, 2.45) is 0 Å². The van der Waals surface area contributed by atoms with E-state index in [1.165, 1.54) is 11.1 Å². The number of aliphatic hydroxyl groups excluding tert-OH is 1. The van der Waals surface area contributed by atoms with Crippen LogP contribution in [0.3, 0.4) is 0 Å². The molecule has 106 valence electrons. The van der Waals surface area contributed by atoms with Crippen LogP contribution in [0.2, 0.25) is 5.02 Å². The van der Waals surface area contributed by atoms with Gasteiger partial charge >= 0.3 is 0 Å². The van der Waals surface area contributed by atoms with Gasteiger partial charge < -0.3 is 9.84 Å². The largest absolute Gasteiger partial charge is 0.491 e. The number of benzene rings is 2. The van der Waals surface area contributed by atoms with Gasteiger partial charge in [0, 0.05) is 5.02 Å². The molecular formula is C17H19ClO2. The molecule has 2 aromatic carbocycles. The van der Waals surface area contributed by atoms with E-state index in [4.69, 9.17) is 16.3 Å². The number of hydrogen-bond acceptors (Lipinski definition) is 2. The molecular weight excluding hydrogens is 272 g/mol. The lowest BCUT2D eigenvalue weighted by Gasteiger charge is -2.16. The standard InChI is InChI=1S/C17H19ClO2/c1-11-8-13(3)16(9-12(11)2)17(19)10-20-15-6-4-14(18)5-7-15/h4-9,17,19H,10H2,1-3H3. The van der Waals surface area contributed by atoms with E-state index in [1.54, 1.807) is 24.3 Å². The van der Waals surface area contributed by atoms with Crippen molar-refractivity contribution in [1.29, 1.82) is 0 Å². The molecule has 0 radical (unpaired) electrons. The molecule has 1 atom stereocenters. The maximum atomic E-state index is 10.3. The highest BCUT2D eigenvalue weighted by atomic mass is 35.5. The fourth-order valence-electron chi connectivity index (χ4n) is 2.14. The zero-order valence-corrected chi connectivity index (χ0v) is 12.7. The van der Waals surface area contributed by atoms with Gasteiger partial charge in [-0.05, 0) is 67.3 Å². The maximum Gasteiger partial charge on any atom is 0.119 e. The van der Waals surface area contributed by atoms with Crippen LogP contribution in [0.4, 0.5) is 0 Å². The summed E-state index contributed by atoms with van der Waals surface area (Å²) >= 11 is 5.82. The number of halogens is 1. The molecule has 0 aromatic heterocycles. The Morgan fingerprint density at radius 2 is 1.60 bits per heavy atom. The highest BCUT2D eigenvalue weighted by Gasteiger charge is 2.12. The van der Waals surface area contributed by atoms with Crippen LogP contribution in [0, 0.1) is 20.8 Å². The van der Waals surface area contributed by atoms with Gasteiger partial charge in [-0.3, -0.25) is 0 Å². The van der Waals surface area contributed by atoms with Crippen molar-refractivity contribution < 1.29 is 9.84 Å². The summed E-state index contributed by atoms with van der Waals surface area (Å²) in [6.07, 6.45) is -0.634. The van der Waals surface area contributed by atoms with Gasteiger partial charge in [0.15, 0.2) is 0 Å². The molecule has 3 heteroatoms. The summed E-state index contributed by atoms with van der Waals surface area (Å²) in [7, 11) is 0. The summed E-state index contributed by atoms with van der Waals surface area (Å²) in [5.41, 5.74) is 4.41. The second kappa shape index (κ2) is 6.29. The molecule has 2 nitrogen and oxygen atoms in total. The Kier molecular flexibility index (Phi) is 4.69. The SMILES string of the molecule is Cc1cc(C)c(C(O)COc2ccc(Cl)cc2)cc1C. The third-order valence-corrected chi connectivity index (χ3v) is 3.71. The van der Waals surface area contributed by atoms with Crippen LogP contribution >= 0.6 is 11.6 Å². The molecule has 0 aliphatic rings. The maximum absolute atomic E-state index is 10.3. The van der Waals surface area contributed by atoms with Crippen molar-refractivity contribution in [3.63, 3.8) is 0 Å². The Morgan fingerprint density at radius 3 is 2.25 bits per heavy atom. The van der Waals surface area contributed by atoms with Crippen molar-refractivity contribution in [3.05, 3.63) is 63.7 Å².